The Morgan fingerprint density at radius 3 is 2.23 bits per heavy atom. The fraction of sp³-hybridized carbons (Fsp3) is 0.441. The minimum Gasteiger partial charge on any atom is -0.456 e. The Morgan fingerprint density at radius 2 is 1.53 bits per heavy atom. The number of rotatable bonds is 3. The van der Waals surface area contributed by atoms with Crippen molar-refractivity contribution in [3.05, 3.63) is 81.4 Å². The summed E-state index contributed by atoms with van der Waals surface area (Å²) in [5, 5.41) is 0.419. The minimum absolute atomic E-state index is 0.00710. The quantitative estimate of drug-likeness (QED) is 0.365. The van der Waals surface area contributed by atoms with Crippen LogP contribution in [-0.2, 0) is 29.4 Å². The zero-order chi connectivity index (χ0) is 30.7. The van der Waals surface area contributed by atoms with Crippen LogP contribution in [0.2, 0.25) is 0 Å². The summed E-state index contributed by atoms with van der Waals surface area (Å²) in [5.74, 6) is -1.35. The Hall–Kier alpha value is -4.27. The molecule has 0 N–H and O–H groups in total. The highest BCUT2D eigenvalue weighted by atomic mass is 16.6. The van der Waals surface area contributed by atoms with Gasteiger partial charge in [0.15, 0.2) is 5.82 Å². The molecule has 3 heterocycles. The predicted octanol–water partition coefficient (Wildman–Crippen LogP) is 5.68. The fourth-order valence-electron chi connectivity index (χ4n) is 6.12. The number of carbonyl (C=O) groups is 2. The van der Waals surface area contributed by atoms with Gasteiger partial charge in [-0.2, -0.15) is 0 Å². The number of carbonyl (C=O) groups excluding carboxylic acids is 2. The first-order chi connectivity index (χ1) is 20.3. The maximum absolute atomic E-state index is 14.4. The summed E-state index contributed by atoms with van der Waals surface area (Å²) >= 11 is 0. The number of hydrogen-bond acceptors (Lipinski definition) is 8. The van der Waals surface area contributed by atoms with Gasteiger partial charge in [-0.15, -0.1) is 0 Å². The van der Waals surface area contributed by atoms with Gasteiger partial charge >= 0.3 is 11.9 Å². The number of nitrogens with zero attached hydrogens (tertiary/aromatic N) is 3. The van der Waals surface area contributed by atoms with Gasteiger partial charge in [-0.25, -0.2) is 19.6 Å². The maximum atomic E-state index is 14.4. The van der Waals surface area contributed by atoms with Crippen LogP contribution >= 0.6 is 0 Å². The average molecular weight is 584 g/mol. The highest BCUT2D eigenvalue weighted by Gasteiger charge is 2.62. The number of benzene rings is 2. The maximum Gasteiger partial charge on any atom is 0.344 e. The molecule has 1 aliphatic carbocycles. The van der Waals surface area contributed by atoms with E-state index in [1.54, 1.807) is 90.1 Å². The average Bonchev–Trinajstić information content (AvgIpc) is 3.41. The minimum atomic E-state index is -1.78. The SMILES string of the molecule is CC(C)(C)OC(=O)C1=C(C(=O)OC(C)(C)C)C2(OC1=NC1CCCCC1)c1ccccc1-n1c2nc2ccccc2c1=O. The van der Waals surface area contributed by atoms with Crippen LogP contribution in [0.15, 0.2) is 69.5 Å². The zero-order valence-electron chi connectivity index (χ0n) is 25.5. The lowest BCUT2D eigenvalue weighted by molar-refractivity contribution is -0.154. The molecule has 0 saturated heterocycles. The van der Waals surface area contributed by atoms with Gasteiger partial charge in [-0.3, -0.25) is 9.36 Å². The summed E-state index contributed by atoms with van der Waals surface area (Å²) in [6.07, 6.45) is 4.79. The lowest BCUT2D eigenvalue weighted by Crippen LogP contribution is -2.38. The number of para-hydroxylation sites is 2. The summed E-state index contributed by atoms with van der Waals surface area (Å²) < 4.78 is 20.1. The number of ether oxygens (including phenoxy) is 3. The van der Waals surface area contributed by atoms with Gasteiger partial charge in [-0.05, 0) is 72.6 Å². The summed E-state index contributed by atoms with van der Waals surface area (Å²) in [6.45, 7) is 10.5. The topological polar surface area (TPSA) is 109 Å². The molecule has 3 aliphatic rings. The second-order valence-corrected chi connectivity index (χ2v) is 13.4. The second-order valence-electron chi connectivity index (χ2n) is 13.4. The molecule has 0 radical (unpaired) electrons. The third-order valence-corrected chi connectivity index (χ3v) is 7.76. The van der Waals surface area contributed by atoms with E-state index in [-0.39, 0.29) is 34.5 Å². The lowest BCUT2D eigenvalue weighted by atomic mass is 9.85. The van der Waals surface area contributed by atoms with Crippen molar-refractivity contribution < 1.29 is 23.8 Å². The molecule has 1 saturated carbocycles. The Bertz CT molecular complexity index is 1770. The third kappa shape index (κ3) is 4.94. The van der Waals surface area contributed by atoms with Gasteiger partial charge in [0.05, 0.1) is 22.6 Å². The van der Waals surface area contributed by atoms with Gasteiger partial charge in [0.25, 0.3) is 5.56 Å². The highest BCUT2D eigenvalue weighted by Crippen LogP contribution is 2.53. The van der Waals surface area contributed by atoms with Gasteiger partial charge in [-0.1, -0.05) is 49.6 Å². The van der Waals surface area contributed by atoms with Gasteiger partial charge in [0.2, 0.25) is 11.5 Å². The Balaban J connectivity index is 1.72. The van der Waals surface area contributed by atoms with E-state index >= 15 is 0 Å². The van der Waals surface area contributed by atoms with Crippen molar-refractivity contribution in [2.75, 3.05) is 0 Å². The first-order valence-electron chi connectivity index (χ1n) is 14.9. The summed E-state index contributed by atoms with van der Waals surface area (Å²) in [4.78, 5) is 52.4. The molecule has 224 valence electrons. The smallest absolute Gasteiger partial charge is 0.344 e. The Kier molecular flexibility index (Phi) is 6.82. The fourth-order valence-corrected chi connectivity index (χ4v) is 6.12. The Morgan fingerprint density at radius 1 is 0.907 bits per heavy atom. The van der Waals surface area contributed by atoms with E-state index in [0.29, 0.717) is 22.2 Å². The van der Waals surface area contributed by atoms with E-state index in [1.165, 1.54) is 4.57 Å². The summed E-state index contributed by atoms with van der Waals surface area (Å²) in [7, 11) is 0. The van der Waals surface area contributed by atoms with Gasteiger partial charge in [0.1, 0.15) is 22.3 Å². The highest BCUT2D eigenvalue weighted by molar-refractivity contribution is 6.24. The van der Waals surface area contributed by atoms with Gasteiger partial charge in [0, 0.05) is 5.56 Å². The third-order valence-electron chi connectivity index (χ3n) is 7.76. The van der Waals surface area contributed by atoms with Gasteiger partial charge < -0.3 is 14.2 Å². The van der Waals surface area contributed by atoms with Crippen molar-refractivity contribution in [3.8, 4) is 5.69 Å². The first kappa shape index (κ1) is 28.8. The predicted molar refractivity (Wildman–Crippen MR) is 162 cm³/mol. The molecule has 1 spiro atoms. The van der Waals surface area contributed by atoms with Crippen LogP contribution in [0.5, 0.6) is 0 Å². The molecule has 2 aromatic carbocycles. The van der Waals surface area contributed by atoms with Crippen LogP contribution in [0.25, 0.3) is 16.6 Å². The standard InChI is InChI=1S/C34H37N3O6/c1-32(2,3)42-29(39)25-26(30(40)43-33(4,5)6)34(41-27(25)35-20-14-8-7-9-15-20)22-17-11-13-19-24(22)37-28(38)21-16-10-12-18-23(21)36-31(34)37/h10-13,16-20H,7-9,14-15H2,1-6H3. The van der Waals surface area contributed by atoms with Crippen LogP contribution in [0, 0.1) is 0 Å². The summed E-state index contributed by atoms with van der Waals surface area (Å²) in [6, 6.07) is 14.1. The van der Waals surface area contributed by atoms with Crippen molar-refractivity contribution in [2.45, 2.75) is 96.5 Å². The summed E-state index contributed by atoms with van der Waals surface area (Å²) in [5.41, 5.74) is -2.61. The van der Waals surface area contributed by atoms with E-state index in [1.807, 2.05) is 0 Å². The molecule has 9 heteroatoms. The molecule has 6 rings (SSSR count). The van der Waals surface area contributed by atoms with E-state index < -0.39 is 28.7 Å². The largest absolute Gasteiger partial charge is 0.456 e. The molecule has 0 amide bonds. The molecule has 1 fully saturated rings. The Labute approximate surface area is 250 Å². The molecule has 9 nitrogen and oxygen atoms in total. The van der Waals surface area contributed by atoms with Crippen LogP contribution in [0.4, 0.5) is 0 Å². The van der Waals surface area contributed by atoms with Crippen LogP contribution < -0.4 is 5.56 Å². The zero-order valence-corrected chi connectivity index (χ0v) is 25.5. The van der Waals surface area contributed by atoms with Crippen molar-refractivity contribution in [2.24, 2.45) is 4.99 Å². The molecular weight excluding hydrogens is 546 g/mol. The number of aliphatic imine (C=N–C) groups is 1. The van der Waals surface area contributed by atoms with Crippen molar-refractivity contribution >= 4 is 28.7 Å². The van der Waals surface area contributed by atoms with Crippen molar-refractivity contribution in [1.82, 2.24) is 9.55 Å². The monoisotopic (exact) mass is 583 g/mol. The molecule has 1 atom stereocenters. The molecule has 3 aromatic rings. The van der Waals surface area contributed by atoms with Crippen molar-refractivity contribution in [3.63, 3.8) is 0 Å². The number of hydrogen-bond donors (Lipinski definition) is 0. The van der Waals surface area contributed by atoms with Crippen molar-refractivity contribution in [1.29, 1.82) is 0 Å². The normalized spacial score (nSPS) is 21.2. The molecule has 43 heavy (non-hydrogen) atoms. The molecule has 1 unspecified atom stereocenters. The van der Waals surface area contributed by atoms with E-state index in [4.69, 9.17) is 24.2 Å². The van der Waals surface area contributed by atoms with Crippen LogP contribution in [-0.4, -0.2) is 44.6 Å². The van der Waals surface area contributed by atoms with E-state index in [0.717, 1.165) is 32.1 Å². The van der Waals surface area contributed by atoms with Crippen LogP contribution in [0.1, 0.15) is 85.0 Å². The number of esters is 2. The lowest BCUT2D eigenvalue weighted by Gasteiger charge is -2.29. The second kappa shape index (κ2) is 10.2. The molecule has 2 aliphatic heterocycles. The molecule has 1 aromatic heterocycles. The first-order valence-corrected chi connectivity index (χ1v) is 14.9. The van der Waals surface area contributed by atoms with E-state index in [2.05, 4.69) is 0 Å². The molecular formula is C34H37N3O6. The number of fused-ring (bicyclic) bond motifs is 6. The van der Waals surface area contributed by atoms with Crippen LogP contribution in [0.3, 0.4) is 0 Å². The number of aromatic nitrogens is 2. The molecule has 0 bridgehead atoms. The van der Waals surface area contributed by atoms with E-state index in [9.17, 15) is 14.4 Å².